The van der Waals surface area contributed by atoms with Crippen LogP contribution in [-0.4, -0.2) is 37.4 Å². The van der Waals surface area contributed by atoms with Crippen LogP contribution in [0.1, 0.15) is 27.1 Å². The lowest BCUT2D eigenvalue weighted by atomic mass is 10.1. The van der Waals surface area contributed by atoms with E-state index in [2.05, 4.69) is 60.5 Å². The molecule has 0 unspecified atom stereocenters. The van der Waals surface area contributed by atoms with Crippen LogP contribution in [0.4, 0.5) is 0 Å². The van der Waals surface area contributed by atoms with Crippen molar-refractivity contribution < 1.29 is 4.90 Å². The first-order valence-electron chi connectivity index (χ1n) is 8.34. The molecule has 4 heteroatoms. The summed E-state index contributed by atoms with van der Waals surface area (Å²) in [7, 11) is 0. The molecule has 0 saturated carbocycles. The van der Waals surface area contributed by atoms with Gasteiger partial charge in [-0.05, 0) is 43.3 Å². The average Bonchev–Trinajstić information content (AvgIpc) is 2.95. The summed E-state index contributed by atoms with van der Waals surface area (Å²) in [5, 5.41) is 9.00. The fourth-order valence-electron chi connectivity index (χ4n) is 3.07. The van der Waals surface area contributed by atoms with Crippen molar-refractivity contribution in [1.82, 2.24) is 5.01 Å². The van der Waals surface area contributed by atoms with Crippen LogP contribution in [0.3, 0.4) is 0 Å². The molecule has 1 aliphatic rings. The number of thiophene rings is 1. The zero-order valence-electron chi connectivity index (χ0n) is 14.3. The molecule has 2 heterocycles. The highest BCUT2D eigenvalue weighted by atomic mass is 32.1. The summed E-state index contributed by atoms with van der Waals surface area (Å²) in [5.41, 5.74) is 5.57. The van der Waals surface area contributed by atoms with Crippen molar-refractivity contribution in [2.75, 3.05) is 26.2 Å². The Hall–Kier alpha value is -1.65. The summed E-state index contributed by atoms with van der Waals surface area (Å²) in [4.78, 5) is 2.94. The minimum absolute atomic E-state index is 1.04. The number of hydrogen-bond acceptors (Lipinski definition) is 3. The molecule has 1 N–H and O–H groups in total. The minimum Gasteiger partial charge on any atom is -0.328 e. The maximum Gasteiger partial charge on any atom is 0.103 e. The van der Waals surface area contributed by atoms with E-state index >= 15 is 0 Å². The molecule has 3 rings (SSSR count). The van der Waals surface area contributed by atoms with Gasteiger partial charge in [0.25, 0.3) is 0 Å². The van der Waals surface area contributed by atoms with Crippen molar-refractivity contribution in [3.05, 3.63) is 56.8 Å². The third-order valence-corrected chi connectivity index (χ3v) is 5.58. The second kappa shape index (κ2) is 7.28. The number of quaternary nitrogens is 1. The Morgan fingerprint density at radius 1 is 1.13 bits per heavy atom. The lowest BCUT2D eigenvalue weighted by molar-refractivity contribution is -0.918. The molecule has 1 aliphatic heterocycles. The summed E-state index contributed by atoms with van der Waals surface area (Å²) in [6.45, 7) is 12.1. The average molecular weight is 329 g/mol. The number of benzene rings is 1. The third-order valence-electron chi connectivity index (χ3n) is 4.63. The molecule has 3 nitrogen and oxygen atoms in total. The van der Waals surface area contributed by atoms with Crippen molar-refractivity contribution in [2.45, 2.75) is 27.3 Å². The van der Waals surface area contributed by atoms with E-state index < -0.39 is 0 Å². The molecule has 0 aliphatic carbocycles. The first kappa shape index (κ1) is 16.2. The molecule has 0 amide bonds. The molecular formula is C19H26N3S+. The van der Waals surface area contributed by atoms with Gasteiger partial charge in [0, 0.05) is 10.4 Å². The van der Waals surface area contributed by atoms with E-state index in [0.29, 0.717) is 0 Å². The van der Waals surface area contributed by atoms with Crippen molar-refractivity contribution in [2.24, 2.45) is 5.10 Å². The Morgan fingerprint density at radius 3 is 2.57 bits per heavy atom. The summed E-state index contributed by atoms with van der Waals surface area (Å²) in [5.74, 6) is 0. The van der Waals surface area contributed by atoms with Gasteiger partial charge in [-0.25, -0.2) is 0 Å². The number of hydrogen-bond donors (Lipinski definition) is 1. The summed E-state index contributed by atoms with van der Waals surface area (Å²) >= 11 is 1.76. The van der Waals surface area contributed by atoms with E-state index in [4.69, 9.17) is 0 Å². The van der Waals surface area contributed by atoms with E-state index in [0.717, 1.165) is 32.7 Å². The molecule has 1 aromatic carbocycles. The molecular weight excluding hydrogens is 302 g/mol. The van der Waals surface area contributed by atoms with Crippen LogP contribution in [0.15, 0.2) is 34.7 Å². The number of rotatable bonds is 4. The van der Waals surface area contributed by atoms with Crippen LogP contribution < -0.4 is 4.90 Å². The van der Waals surface area contributed by atoms with Crippen LogP contribution in [0, 0.1) is 20.8 Å². The fourth-order valence-corrected chi connectivity index (χ4v) is 3.85. The lowest BCUT2D eigenvalue weighted by Crippen LogP contribution is -3.13. The van der Waals surface area contributed by atoms with Gasteiger partial charge < -0.3 is 4.90 Å². The van der Waals surface area contributed by atoms with Gasteiger partial charge in [-0.3, -0.25) is 5.01 Å². The summed E-state index contributed by atoms with van der Waals surface area (Å²) < 4.78 is 0. The minimum atomic E-state index is 1.04. The Morgan fingerprint density at radius 2 is 1.91 bits per heavy atom. The fraction of sp³-hybridized carbons (Fsp3) is 0.421. The molecule has 1 aromatic heterocycles. The number of nitrogens with one attached hydrogen (secondary N) is 1. The summed E-state index contributed by atoms with van der Waals surface area (Å²) in [6.07, 6.45) is 2.02. The molecule has 1 fully saturated rings. The molecule has 0 atom stereocenters. The number of aryl methyl sites for hydroxylation is 3. The van der Waals surface area contributed by atoms with Gasteiger partial charge in [-0.1, -0.05) is 23.8 Å². The molecule has 2 aromatic rings. The van der Waals surface area contributed by atoms with Crippen LogP contribution >= 0.6 is 11.3 Å². The maximum absolute atomic E-state index is 4.66. The number of nitrogens with zero attached hydrogens (tertiary/aromatic N) is 2. The topological polar surface area (TPSA) is 20.0 Å². The van der Waals surface area contributed by atoms with Gasteiger partial charge >= 0.3 is 0 Å². The largest absolute Gasteiger partial charge is 0.328 e. The normalized spacial score (nSPS) is 16.4. The molecule has 0 bridgehead atoms. The zero-order chi connectivity index (χ0) is 16.2. The van der Waals surface area contributed by atoms with E-state index in [9.17, 15) is 0 Å². The predicted octanol–water partition coefficient (Wildman–Crippen LogP) is 2.41. The highest BCUT2D eigenvalue weighted by Gasteiger charge is 2.19. The van der Waals surface area contributed by atoms with Crippen LogP contribution in [-0.2, 0) is 6.54 Å². The molecule has 0 radical (unpaired) electrons. The second-order valence-corrected chi connectivity index (χ2v) is 7.47. The highest BCUT2D eigenvalue weighted by molar-refractivity contribution is 7.11. The van der Waals surface area contributed by atoms with Crippen molar-refractivity contribution in [3.8, 4) is 0 Å². The highest BCUT2D eigenvalue weighted by Crippen LogP contribution is 2.13. The lowest BCUT2D eigenvalue weighted by Gasteiger charge is -2.30. The monoisotopic (exact) mass is 328 g/mol. The second-order valence-electron chi connectivity index (χ2n) is 6.52. The van der Waals surface area contributed by atoms with E-state index in [1.54, 1.807) is 16.2 Å². The van der Waals surface area contributed by atoms with Crippen LogP contribution in [0.5, 0.6) is 0 Å². The first-order valence-corrected chi connectivity index (χ1v) is 9.22. The Bertz CT molecular complexity index is 682. The van der Waals surface area contributed by atoms with E-state index in [1.807, 2.05) is 6.21 Å². The molecule has 0 spiro atoms. The third kappa shape index (κ3) is 4.21. The van der Waals surface area contributed by atoms with Gasteiger partial charge in [-0.2, -0.15) is 5.10 Å². The zero-order valence-corrected chi connectivity index (χ0v) is 15.1. The Kier molecular flexibility index (Phi) is 5.13. The smallest absolute Gasteiger partial charge is 0.103 e. The van der Waals surface area contributed by atoms with Crippen molar-refractivity contribution in [1.29, 1.82) is 0 Å². The van der Waals surface area contributed by atoms with Crippen LogP contribution in [0.2, 0.25) is 0 Å². The first-order chi connectivity index (χ1) is 11.1. The van der Waals surface area contributed by atoms with E-state index in [-0.39, 0.29) is 0 Å². The Labute approximate surface area is 143 Å². The standard InChI is InChI=1S/C19H25N3S/c1-15-4-5-18(17(3)12-15)14-21-7-9-22(10-8-21)20-13-19-16(2)6-11-23-19/h4-6,11-13H,7-10,14H2,1-3H3/p+1/b20-13+. The van der Waals surface area contributed by atoms with Gasteiger partial charge in [0.05, 0.1) is 32.4 Å². The molecule has 1 saturated heterocycles. The maximum atomic E-state index is 4.66. The molecule has 122 valence electrons. The summed E-state index contributed by atoms with van der Waals surface area (Å²) in [6, 6.07) is 8.96. The molecule has 23 heavy (non-hydrogen) atoms. The quantitative estimate of drug-likeness (QED) is 0.855. The van der Waals surface area contributed by atoms with Crippen molar-refractivity contribution in [3.63, 3.8) is 0 Å². The number of piperazine rings is 1. The number of hydrazone groups is 1. The van der Waals surface area contributed by atoms with Gasteiger partial charge in [0.15, 0.2) is 0 Å². The van der Waals surface area contributed by atoms with Gasteiger partial charge in [0.1, 0.15) is 6.54 Å². The van der Waals surface area contributed by atoms with Crippen LogP contribution in [0.25, 0.3) is 0 Å². The van der Waals surface area contributed by atoms with Crippen molar-refractivity contribution >= 4 is 17.6 Å². The van der Waals surface area contributed by atoms with E-state index in [1.165, 1.54) is 27.1 Å². The Balaban J connectivity index is 1.52. The van der Waals surface area contributed by atoms with Gasteiger partial charge in [0.2, 0.25) is 0 Å². The SMILES string of the molecule is Cc1ccc(C[NH+]2CCN(/N=C/c3sccc3C)CC2)c(C)c1. The van der Waals surface area contributed by atoms with Gasteiger partial charge in [-0.15, -0.1) is 11.3 Å². The predicted molar refractivity (Wildman–Crippen MR) is 98.5 cm³/mol.